The van der Waals surface area contributed by atoms with Crippen LogP contribution in [0.25, 0.3) is 0 Å². The summed E-state index contributed by atoms with van der Waals surface area (Å²) in [4.78, 5) is 34.8. The summed E-state index contributed by atoms with van der Waals surface area (Å²) in [6.07, 6.45) is 1.77. The van der Waals surface area contributed by atoms with Crippen LogP contribution in [0, 0.1) is 24.7 Å². The van der Waals surface area contributed by atoms with Crippen molar-refractivity contribution in [3.8, 4) is 0 Å². The van der Waals surface area contributed by atoms with Gasteiger partial charge in [0.2, 0.25) is 0 Å². The fraction of sp³-hybridized carbons (Fsp3) is 0.609. The molecule has 6 nitrogen and oxygen atoms in total. The van der Waals surface area contributed by atoms with Crippen molar-refractivity contribution >= 4 is 17.8 Å². The van der Waals surface area contributed by atoms with Crippen LogP contribution in [0.2, 0.25) is 0 Å². The Hall–Kier alpha value is -2.37. The van der Waals surface area contributed by atoms with Crippen LogP contribution < -0.4 is 5.32 Å². The highest BCUT2D eigenvalue weighted by molar-refractivity contribution is 6.07. The lowest BCUT2D eigenvalue weighted by Gasteiger charge is -2.28. The van der Waals surface area contributed by atoms with E-state index in [2.05, 4.69) is 32.2 Å². The lowest BCUT2D eigenvalue weighted by atomic mass is 9.85. The predicted molar refractivity (Wildman–Crippen MR) is 114 cm³/mol. The molecule has 1 aromatic carbocycles. The van der Waals surface area contributed by atoms with Gasteiger partial charge in [0.05, 0.1) is 0 Å². The fourth-order valence-electron chi connectivity index (χ4n) is 5.31. The average Bonchev–Trinajstić information content (AvgIpc) is 3.31. The number of amides is 3. The van der Waals surface area contributed by atoms with Gasteiger partial charge in [-0.2, -0.15) is 0 Å². The van der Waals surface area contributed by atoms with Gasteiger partial charge in [0, 0.05) is 32.1 Å². The second-order valence-corrected chi connectivity index (χ2v) is 9.29. The highest BCUT2D eigenvalue weighted by atomic mass is 16.2. The SMILES string of the molecule is CC1=N[C@@]2(CC[C@@H]3CN(C(=O)NCc4ccccc4C)C[C@@H]32)C(=O)N1CC(C)C. The summed E-state index contributed by atoms with van der Waals surface area (Å²) < 4.78 is 0. The van der Waals surface area contributed by atoms with Crippen LogP contribution in [-0.4, -0.2) is 52.7 Å². The van der Waals surface area contributed by atoms with Crippen molar-refractivity contribution < 1.29 is 9.59 Å². The van der Waals surface area contributed by atoms with E-state index in [1.807, 2.05) is 34.9 Å². The number of aryl methyl sites for hydroxylation is 1. The van der Waals surface area contributed by atoms with Crippen LogP contribution in [-0.2, 0) is 11.3 Å². The normalized spacial score (nSPS) is 28.4. The van der Waals surface area contributed by atoms with Crippen LogP contribution in [0.5, 0.6) is 0 Å². The molecule has 2 heterocycles. The molecule has 1 saturated heterocycles. The lowest BCUT2D eigenvalue weighted by Crippen LogP contribution is -2.48. The smallest absolute Gasteiger partial charge is 0.317 e. The number of amidine groups is 1. The number of carbonyl (C=O) groups is 2. The molecule has 1 aromatic rings. The minimum absolute atomic E-state index is 0.0389. The standard InChI is InChI=1S/C23H32N4O2/c1-15(2)12-27-17(4)25-23(21(27)28)10-9-19-13-26(14-20(19)23)22(29)24-11-18-8-6-5-7-16(18)3/h5-8,15,19-20H,9-14H2,1-4H3,(H,24,29)/t19-,20+,23-/m1/s1. The summed E-state index contributed by atoms with van der Waals surface area (Å²) in [5.41, 5.74) is 1.66. The van der Waals surface area contributed by atoms with Gasteiger partial charge in [0.15, 0.2) is 0 Å². The van der Waals surface area contributed by atoms with E-state index in [0.717, 1.165) is 30.8 Å². The first-order valence-electron chi connectivity index (χ1n) is 10.8. The topological polar surface area (TPSA) is 65.0 Å². The summed E-state index contributed by atoms with van der Waals surface area (Å²) in [7, 11) is 0. The molecule has 2 aliphatic heterocycles. The number of nitrogens with zero attached hydrogens (tertiary/aromatic N) is 3. The van der Waals surface area contributed by atoms with Crippen LogP contribution in [0.15, 0.2) is 29.3 Å². The Kier molecular flexibility index (Phi) is 5.13. The monoisotopic (exact) mass is 396 g/mol. The molecule has 3 atom stereocenters. The first-order valence-corrected chi connectivity index (χ1v) is 10.8. The number of hydrogen-bond donors (Lipinski definition) is 1. The maximum atomic E-state index is 13.3. The largest absolute Gasteiger partial charge is 0.334 e. The third kappa shape index (κ3) is 3.43. The van der Waals surface area contributed by atoms with E-state index in [9.17, 15) is 9.59 Å². The predicted octanol–water partition coefficient (Wildman–Crippen LogP) is 3.20. The zero-order valence-electron chi connectivity index (χ0n) is 17.9. The summed E-state index contributed by atoms with van der Waals surface area (Å²) in [5, 5.41) is 3.06. The number of carbonyl (C=O) groups excluding carboxylic acids is 2. The zero-order chi connectivity index (χ0) is 20.8. The van der Waals surface area contributed by atoms with Gasteiger partial charge in [0.25, 0.3) is 5.91 Å². The Balaban J connectivity index is 1.43. The highest BCUT2D eigenvalue weighted by Gasteiger charge is 2.61. The molecule has 4 rings (SSSR count). The van der Waals surface area contributed by atoms with Crippen molar-refractivity contribution in [3.05, 3.63) is 35.4 Å². The number of aliphatic imine (C=N–C) groups is 1. The quantitative estimate of drug-likeness (QED) is 0.849. The number of urea groups is 1. The van der Waals surface area contributed by atoms with E-state index in [1.54, 1.807) is 0 Å². The molecule has 2 fully saturated rings. The van der Waals surface area contributed by atoms with E-state index >= 15 is 0 Å². The molecule has 1 spiro atoms. The van der Waals surface area contributed by atoms with Gasteiger partial charge in [0.1, 0.15) is 11.4 Å². The van der Waals surface area contributed by atoms with E-state index in [4.69, 9.17) is 4.99 Å². The van der Waals surface area contributed by atoms with Gasteiger partial charge < -0.3 is 10.2 Å². The maximum Gasteiger partial charge on any atom is 0.317 e. The van der Waals surface area contributed by atoms with Gasteiger partial charge in [-0.1, -0.05) is 38.1 Å². The molecule has 0 radical (unpaired) electrons. The van der Waals surface area contributed by atoms with E-state index in [-0.39, 0.29) is 17.9 Å². The van der Waals surface area contributed by atoms with E-state index < -0.39 is 5.54 Å². The Labute approximate surface area is 173 Å². The lowest BCUT2D eigenvalue weighted by molar-refractivity contribution is -0.132. The molecule has 6 heteroatoms. The van der Waals surface area contributed by atoms with E-state index in [0.29, 0.717) is 31.5 Å². The van der Waals surface area contributed by atoms with Crippen molar-refractivity contribution in [1.29, 1.82) is 0 Å². The van der Waals surface area contributed by atoms with E-state index in [1.165, 1.54) is 5.56 Å². The summed E-state index contributed by atoms with van der Waals surface area (Å²) >= 11 is 0. The second kappa shape index (κ2) is 7.47. The van der Waals surface area contributed by atoms with Crippen LogP contribution in [0.1, 0.15) is 44.7 Å². The molecular weight excluding hydrogens is 364 g/mol. The molecule has 3 aliphatic rings. The first kappa shape index (κ1) is 19.9. The Morgan fingerprint density at radius 3 is 2.76 bits per heavy atom. The maximum absolute atomic E-state index is 13.3. The number of benzene rings is 1. The highest BCUT2D eigenvalue weighted by Crippen LogP contribution is 2.50. The van der Waals surface area contributed by atoms with Gasteiger partial charge in [-0.25, -0.2) is 4.79 Å². The van der Waals surface area contributed by atoms with Crippen molar-refractivity contribution in [2.75, 3.05) is 19.6 Å². The zero-order valence-corrected chi connectivity index (χ0v) is 17.9. The number of likely N-dealkylation sites (tertiary alicyclic amines) is 1. The van der Waals surface area contributed by atoms with Gasteiger partial charge in [-0.3, -0.25) is 14.7 Å². The number of fused-ring (bicyclic) bond motifs is 2. The summed E-state index contributed by atoms with van der Waals surface area (Å²) in [6.45, 7) is 10.8. The van der Waals surface area contributed by atoms with Crippen LogP contribution >= 0.6 is 0 Å². The van der Waals surface area contributed by atoms with Crippen molar-refractivity contribution in [2.45, 2.75) is 52.6 Å². The molecule has 156 valence electrons. The molecule has 0 aromatic heterocycles. The number of hydrogen-bond acceptors (Lipinski definition) is 3. The molecule has 1 N–H and O–H groups in total. The van der Waals surface area contributed by atoms with Crippen LogP contribution in [0.4, 0.5) is 4.79 Å². The Morgan fingerprint density at radius 2 is 2.03 bits per heavy atom. The van der Waals surface area contributed by atoms with Crippen molar-refractivity contribution in [3.63, 3.8) is 0 Å². The molecule has 0 bridgehead atoms. The molecular formula is C23H32N4O2. The fourth-order valence-corrected chi connectivity index (χ4v) is 5.31. The van der Waals surface area contributed by atoms with Gasteiger partial charge in [-0.15, -0.1) is 0 Å². The van der Waals surface area contributed by atoms with Gasteiger partial charge >= 0.3 is 6.03 Å². The minimum atomic E-state index is -0.644. The first-order chi connectivity index (χ1) is 13.8. The van der Waals surface area contributed by atoms with Crippen molar-refractivity contribution in [2.24, 2.45) is 22.7 Å². The summed E-state index contributed by atoms with van der Waals surface area (Å²) in [5.74, 6) is 1.89. The Morgan fingerprint density at radius 1 is 1.28 bits per heavy atom. The molecule has 29 heavy (non-hydrogen) atoms. The summed E-state index contributed by atoms with van der Waals surface area (Å²) in [6, 6.07) is 8.06. The number of rotatable bonds is 4. The van der Waals surface area contributed by atoms with Crippen LogP contribution in [0.3, 0.4) is 0 Å². The molecule has 1 aliphatic carbocycles. The Bertz CT molecular complexity index is 849. The third-order valence-corrected chi connectivity index (χ3v) is 6.84. The second-order valence-electron chi connectivity index (χ2n) is 9.29. The van der Waals surface area contributed by atoms with Gasteiger partial charge in [-0.05, 0) is 49.7 Å². The molecule has 1 saturated carbocycles. The third-order valence-electron chi connectivity index (χ3n) is 6.84. The molecule has 3 amide bonds. The minimum Gasteiger partial charge on any atom is -0.334 e. The van der Waals surface area contributed by atoms with Crippen molar-refractivity contribution in [1.82, 2.24) is 15.1 Å². The average molecular weight is 397 g/mol. The number of nitrogens with one attached hydrogen (secondary N) is 1. The molecule has 0 unspecified atom stereocenters.